The summed E-state index contributed by atoms with van der Waals surface area (Å²) in [6.07, 6.45) is 0. The van der Waals surface area contributed by atoms with E-state index in [1.807, 2.05) is 43.3 Å². The predicted octanol–water partition coefficient (Wildman–Crippen LogP) is 3.63. The fraction of sp³-hybridized carbons (Fsp3) is 0.192. The number of aryl methyl sites for hydroxylation is 1. The van der Waals surface area contributed by atoms with Crippen molar-refractivity contribution >= 4 is 23.5 Å². The molecule has 7 rings (SSSR count). The number of rotatable bonds is 2. The first-order valence-electron chi connectivity index (χ1n) is 10.3. The third-order valence-corrected chi connectivity index (χ3v) is 7.25. The zero-order valence-corrected chi connectivity index (χ0v) is 16.8. The molecule has 3 aliphatic carbocycles. The summed E-state index contributed by atoms with van der Waals surface area (Å²) < 4.78 is 0. The summed E-state index contributed by atoms with van der Waals surface area (Å²) in [5.74, 6) is -3.91. The van der Waals surface area contributed by atoms with Crippen molar-refractivity contribution in [3.8, 4) is 0 Å². The Morgan fingerprint density at radius 1 is 0.839 bits per heavy atom. The Balaban J connectivity index is 1.67. The minimum atomic E-state index is -1.58. The van der Waals surface area contributed by atoms with Gasteiger partial charge in [0.05, 0.1) is 17.5 Å². The van der Waals surface area contributed by atoms with E-state index in [4.69, 9.17) is 0 Å². The number of amides is 2. The number of nitrogens with zero attached hydrogens (tertiary/aromatic N) is 1. The molecule has 1 saturated heterocycles. The molecule has 1 heterocycles. The van der Waals surface area contributed by atoms with Gasteiger partial charge in [0.25, 0.3) is 0 Å². The largest absolute Gasteiger partial charge is 0.480 e. The fourth-order valence-corrected chi connectivity index (χ4v) is 6.08. The SMILES string of the molecule is Cc1ccc(N2C(=O)C3C4c5ccccc5C(C(=O)O)(c5ccccc54)C3C2=O)cc1. The van der Waals surface area contributed by atoms with Crippen LogP contribution in [0.15, 0.2) is 72.8 Å². The van der Waals surface area contributed by atoms with Crippen molar-refractivity contribution < 1.29 is 19.5 Å². The van der Waals surface area contributed by atoms with Gasteiger partial charge in [-0.2, -0.15) is 0 Å². The second kappa shape index (κ2) is 5.91. The number of imide groups is 1. The number of hydrogen-bond donors (Lipinski definition) is 1. The molecule has 1 aliphatic heterocycles. The highest BCUT2D eigenvalue weighted by atomic mass is 16.4. The average Bonchev–Trinajstić information content (AvgIpc) is 3.05. The van der Waals surface area contributed by atoms with Crippen LogP contribution in [0.5, 0.6) is 0 Å². The highest BCUT2D eigenvalue weighted by Gasteiger charge is 2.71. The van der Waals surface area contributed by atoms with Crippen LogP contribution in [0, 0.1) is 18.8 Å². The van der Waals surface area contributed by atoms with E-state index < -0.39 is 29.1 Å². The van der Waals surface area contributed by atoms with Crippen molar-refractivity contribution in [1.29, 1.82) is 0 Å². The first-order chi connectivity index (χ1) is 15.0. The van der Waals surface area contributed by atoms with Gasteiger partial charge in [-0.15, -0.1) is 0 Å². The van der Waals surface area contributed by atoms with Crippen molar-refractivity contribution in [2.45, 2.75) is 18.3 Å². The number of carbonyl (C=O) groups excluding carboxylic acids is 2. The molecule has 2 bridgehead atoms. The Morgan fingerprint density at radius 3 is 1.94 bits per heavy atom. The molecule has 3 aromatic rings. The molecular formula is C26H19NO4. The first-order valence-corrected chi connectivity index (χ1v) is 10.3. The van der Waals surface area contributed by atoms with E-state index in [2.05, 4.69) is 0 Å². The molecule has 5 heteroatoms. The Bertz CT molecular complexity index is 1250. The van der Waals surface area contributed by atoms with Crippen molar-refractivity contribution in [3.63, 3.8) is 0 Å². The number of carboxylic acids is 1. The minimum Gasteiger partial charge on any atom is -0.480 e. The second-order valence-electron chi connectivity index (χ2n) is 8.62. The highest BCUT2D eigenvalue weighted by Crippen LogP contribution is 2.64. The maximum absolute atomic E-state index is 13.8. The van der Waals surface area contributed by atoms with Crippen LogP contribution in [0.25, 0.3) is 0 Å². The van der Waals surface area contributed by atoms with Crippen LogP contribution in [0.2, 0.25) is 0 Å². The van der Waals surface area contributed by atoms with E-state index in [1.54, 1.807) is 36.4 Å². The Morgan fingerprint density at radius 2 is 1.39 bits per heavy atom. The number of hydrogen-bond acceptors (Lipinski definition) is 3. The van der Waals surface area contributed by atoms with Crippen LogP contribution in [-0.4, -0.2) is 22.9 Å². The molecule has 31 heavy (non-hydrogen) atoms. The van der Waals surface area contributed by atoms with Gasteiger partial charge in [0.2, 0.25) is 11.8 Å². The number of benzene rings is 3. The van der Waals surface area contributed by atoms with Gasteiger partial charge in [-0.25, -0.2) is 4.90 Å². The van der Waals surface area contributed by atoms with E-state index in [-0.39, 0.29) is 11.8 Å². The third kappa shape index (κ3) is 1.99. The standard InChI is InChI=1S/C26H19NO4/c1-14-10-12-15(13-11-14)27-23(28)21-20-16-6-2-4-8-18(16)26(25(30)31,22(21)24(27)29)19-9-5-3-7-17(19)20/h2-13,20-22H,1H3,(H,30,31). The minimum absolute atomic E-state index is 0.321. The molecule has 5 nitrogen and oxygen atoms in total. The van der Waals surface area contributed by atoms with Gasteiger partial charge in [0.15, 0.2) is 0 Å². The molecule has 0 aromatic heterocycles. The smallest absolute Gasteiger partial charge is 0.319 e. The first kappa shape index (κ1) is 18.1. The van der Waals surface area contributed by atoms with Gasteiger partial charge in [0, 0.05) is 5.92 Å². The highest BCUT2D eigenvalue weighted by molar-refractivity contribution is 6.25. The van der Waals surface area contributed by atoms with Crippen LogP contribution in [0.3, 0.4) is 0 Å². The summed E-state index contributed by atoms with van der Waals surface area (Å²) >= 11 is 0. The molecule has 0 spiro atoms. The van der Waals surface area contributed by atoms with Crippen LogP contribution >= 0.6 is 0 Å². The molecule has 4 aliphatic rings. The summed E-state index contributed by atoms with van der Waals surface area (Å²) in [6.45, 7) is 1.93. The van der Waals surface area contributed by atoms with E-state index >= 15 is 0 Å². The summed E-state index contributed by atoms with van der Waals surface area (Å²) in [7, 11) is 0. The summed E-state index contributed by atoms with van der Waals surface area (Å²) in [5, 5.41) is 10.7. The molecule has 2 atom stereocenters. The number of carboxylic acid groups (broad SMARTS) is 1. The van der Waals surface area contributed by atoms with Crippen molar-refractivity contribution in [2.24, 2.45) is 11.8 Å². The van der Waals surface area contributed by atoms with Crippen LogP contribution in [0.1, 0.15) is 33.7 Å². The summed E-state index contributed by atoms with van der Waals surface area (Å²) in [6, 6.07) is 21.9. The van der Waals surface area contributed by atoms with Gasteiger partial charge in [-0.1, -0.05) is 66.2 Å². The number of aliphatic carboxylic acids is 1. The van der Waals surface area contributed by atoms with E-state index in [1.165, 1.54) is 4.90 Å². The van der Waals surface area contributed by atoms with E-state index in [9.17, 15) is 19.5 Å². The van der Waals surface area contributed by atoms with Gasteiger partial charge in [0.1, 0.15) is 5.41 Å². The zero-order chi connectivity index (χ0) is 21.5. The average molecular weight is 409 g/mol. The van der Waals surface area contributed by atoms with Gasteiger partial charge in [-0.05, 0) is 41.3 Å². The quantitative estimate of drug-likeness (QED) is 0.656. The molecule has 1 N–H and O–H groups in total. The lowest BCUT2D eigenvalue weighted by Gasteiger charge is -2.51. The normalized spacial score (nSPS) is 27.6. The lowest BCUT2D eigenvalue weighted by molar-refractivity contribution is -0.149. The monoisotopic (exact) mass is 409 g/mol. The van der Waals surface area contributed by atoms with Crippen LogP contribution < -0.4 is 4.90 Å². The van der Waals surface area contributed by atoms with Gasteiger partial charge >= 0.3 is 5.97 Å². The maximum Gasteiger partial charge on any atom is 0.319 e. The number of anilines is 1. The lowest BCUT2D eigenvalue weighted by atomic mass is 9.47. The topological polar surface area (TPSA) is 74.7 Å². The van der Waals surface area contributed by atoms with Crippen molar-refractivity contribution in [1.82, 2.24) is 0 Å². The fourth-order valence-electron chi connectivity index (χ4n) is 6.08. The van der Waals surface area contributed by atoms with Crippen LogP contribution in [-0.2, 0) is 19.8 Å². The molecule has 0 radical (unpaired) electrons. The molecule has 1 fully saturated rings. The third-order valence-electron chi connectivity index (χ3n) is 7.25. The molecule has 3 aromatic carbocycles. The molecule has 0 saturated carbocycles. The van der Waals surface area contributed by atoms with E-state index in [0.717, 1.165) is 16.7 Å². The predicted molar refractivity (Wildman–Crippen MR) is 114 cm³/mol. The van der Waals surface area contributed by atoms with Crippen molar-refractivity contribution in [2.75, 3.05) is 4.90 Å². The molecular weight excluding hydrogens is 390 g/mol. The lowest BCUT2D eigenvalue weighted by Crippen LogP contribution is -2.57. The molecule has 152 valence electrons. The van der Waals surface area contributed by atoms with Crippen molar-refractivity contribution in [3.05, 3.63) is 101 Å². The Hall–Kier alpha value is -3.73. The Kier molecular flexibility index (Phi) is 3.45. The zero-order valence-electron chi connectivity index (χ0n) is 16.8. The summed E-state index contributed by atoms with van der Waals surface area (Å²) in [4.78, 5) is 41.8. The van der Waals surface area contributed by atoms with Crippen LogP contribution in [0.4, 0.5) is 5.69 Å². The molecule has 2 unspecified atom stereocenters. The van der Waals surface area contributed by atoms with Gasteiger partial charge in [-0.3, -0.25) is 14.4 Å². The molecule has 2 amide bonds. The second-order valence-corrected chi connectivity index (χ2v) is 8.62. The maximum atomic E-state index is 13.8. The summed E-state index contributed by atoms with van der Waals surface area (Å²) in [5.41, 5.74) is 2.83. The van der Waals surface area contributed by atoms with Gasteiger partial charge < -0.3 is 5.11 Å². The Labute approximate surface area is 178 Å². The number of carbonyl (C=O) groups is 3. The van der Waals surface area contributed by atoms with E-state index in [0.29, 0.717) is 16.8 Å².